The summed E-state index contributed by atoms with van der Waals surface area (Å²) in [5.74, 6) is -4.35. The molecule has 0 atom stereocenters. The molecule has 1 saturated carbocycles. The number of carboxylic acid groups (broad SMARTS) is 1. The van der Waals surface area contributed by atoms with Crippen molar-refractivity contribution in [1.29, 1.82) is 0 Å². The van der Waals surface area contributed by atoms with Crippen molar-refractivity contribution in [1.82, 2.24) is 0 Å². The fourth-order valence-electron chi connectivity index (χ4n) is 2.05. The van der Waals surface area contributed by atoms with E-state index in [4.69, 9.17) is 5.11 Å². The first kappa shape index (κ1) is 14.2. The van der Waals surface area contributed by atoms with Gasteiger partial charge >= 0.3 is 12.1 Å². The second-order valence-corrected chi connectivity index (χ2v) is 4.56. The molecule has 0 spiro atoms. The van der Waals surface area contributed by atoms with Gasteiger partial charge in [0.05, 0.1) is 5.41 Å². The molecule has 0 heterocycles. The number of hydrogen-bond donors (Lipinski definition) is 1. The Morgan fingerprint density at radius 3 is 1.94 bits per heavy atom. The number of hydrogen-bond acceptors (Lipinski definition) is 1. The smallest absolute Gasteiger partial charge is 0.389 e. The third kappa shape index (κ3) is 3.81. The first-order valence-electron chi connectivity index (χ1n) is 5.24. The topological polar surface area (TPSA) is 37.3 Å². The Kier molecular flexibility index (Phi) is 3.69. The Morgan fingerprint density at radius 2 is 1.59 bits per heavy atom. The molecule has 1 fully saturated rings. The van der Waals surface area contributed by atoms with Crippen molar-refractivity contribution in [2.45, 2.75) is 50.6 Å². The van der Waals surface area contributed by atoms with Crippen LogP contribution in [-0.4, -0.2) is 23.2 Å². The van der Waals surface area contributed by atoms with E-state index < -0.39 is 62.0 Å². The van der Waals surface area contributed by atoms with Gasteiger partial charge in [0.25, 0.3) is 0 Å². The minimum absolute atomic E-state index is 0.397. The molecule has 0 aromatic heterocycles. The lowest BCUT2D eigenvalue weighted by Gasteiger charge is -2.36. The largest absolute Gasteiger partial charge is 0.481 e. The van der Waals surface area contributed by atoms with Crippen molar-refractivity contribution in [3.8, 4) is 0 Å². The van der Waals surface area contributed by atoms with E-state index >= 15 is 0 Å². The van der Waals surface area contributed by atoms with Crippen molar-refractivity contribution >= 4 is 5.97 Å². The molecule has 2 nitrogen and oxygen atoms in total. The predicted octanol–water partition coefficient (Wildman–Crippen LogP) is 3.61. The van der Waals surface area contributed by atoms with E-state index in [1.54, 1.807) is 0 Å². The lowest BCUT2D eigenvalue weighted by atomic mass is 9.70. The number of alkyl halides is 5. The predicted molar refractivity (Wildman–Crippen MR) is 48.8 cm³/mol. The molecule has 0 aliphatic heterocycles. The van der Waals surface area contributed by atoms with Crippen molar-refractivity contribution in [2.75, 3.05) is 0 Å². The first-order valence-corrected chi connectivity index (χ1v) is 5.24. The second kappa shape index (κ2) is 4.42. The number of rotatable bonds is 3. The van der Waals surface area contributed by atoms with Gasteiger partial charge in [0, 0.05) is 19.3 Å². The van der Waals surface area contributed by atoms with Gasteiger partial charge in [-0.15, -0.1) is 0 Å². The van der Waals surface area contributed by atoms with E-state index in [0.717, 1.165) is 0 Å². The van der Waals surface area contributed by atoms with Gasteiger partial charge in [-0.05, 0) is 19.3 Å². The zero-order valence-electron chi connectivity index (χ0n) is 8.99. The van der Waals surface area contributed by atoms with Crippen LogP contribution in [0.1, 0.15) is 38.5 Å². The van der Waals surface area contributed by atoms with Gasteiger partial charge in [0.15, 0.2) is 0 Å². The molecule has 1 aliphatic rings. The zero-order chi connectivity index (χ0) is 13.3. The summed E-state index contributed by atoms with van der Waals surface area (Å²) >= 11 is 0. The summed E-state index contributed by atoms with van der Waals surface area (Å²) in [6.07, 6.45) is -8.43. The van der Waals surface area contributed by atoms with Crippen LogP contribution in [0.25, 0.3) is 0 Å². The second-order valence-electron chi connectivity index (χ2n) is 4.56. The number of carbonyl (C=O) groups is 1. The molecular weight excluding hydrogens is 247 g/mol. The molecular formula is C10H13F5O2. The van der Waals surface area contributed by atoms with Crippen LogP contribution in [0.5, 0.6) is 0 Å². The van der Waals surface area contributed by atoms with Gasteiger partial charge in [-0.1, -0.05) is 0 Å². The average molecular weight is 260 g/mol. The van der Waals surface area contributed by atoms with Crippen LogP contribution in [0, 0.1) is 5.41 Å². The number of carboxylic acids is 1. The summed E-state index contributed by atoms with van der Waals surface area (Å²) in [4.78, 5) is 11.0. The quantitative estimate of drug-likeness (QED) is 0.787. The SMILES string of the molecule is O=C(O)C1(CCC(F)(F)F)CCC(F)(F)CC1. The fraction of sp³-hybridized carbons (Fsp3) is 0.900. The minimum atomic E-state index is -4.46. The highest BCUT2D eigenvalue weighted by molar-refractivity contribution is 5.74. The third-order valence-electron chi connectivity index (χ3n) is 3.28. The van der Waals surface area contributed by atoms with E-state index in [9.17, 15) is 26.7 Å². The molecule has 1 aliphatic carbocycles. The fourth-order valence-corrected chi connectivity index (χ4v) is 2.05. The summed E-state index contributed by atoms with van der Waals surface area (Å²) in [5.41, 5.74) is -1.64. The van der Waals surface area contributed by atoms with Gasteiger partial charge in [-0.3, -0.25) is 4.79 Å². The molecule has 0 aromatic rings. The summed E-state index contributed by atoms with van der Waals surface area (Å²) in [7, 11) is 0. The Labute approximate surface area is 94.8 Å². The molecule has 0 radical (unpaired) electrons. The summed E-state index contributed by atoms with van der Waals surface area (Å²) in [6, 6.07) is 0. The number of aliphatic carboxylic acids is 1. The minimum Gasteiger partial charge on any atom is -0.481 e. The van der Waals surface area contributed by atoms with Crippen LogP contribution < -0.4 is 0 Å². The monoisotopic (exact) mass is 260 g/mol. The Morgan fingerprint density at radius 1 is 1.12 bits per heavy atom. The molecule has 0 bridgehead atoms. The highest BCUT2D eigenvalue weighted by Crippen LogP contribution is 2.47. The van der Waals surface area contributed by atoms with Gasteiger partial charge < -0.3 is 5.11 Å². The summed E-state index contributed by atoms with van der Waals surface area (Å²) in [6.45, 7) is 0. The number of halogens is 5. The van der Waals surface area contributed by atoms with Crippen molar-refractivity contribution in [3.05, 3.63) is 0 Å². The molecule has 7 heteroatoms. The molecule has 0 saturated heterocycles. The molecule has 100 valence electrons. The van der Waals surface area contributed by atoms with Crippen LogP contribution >= 0.6 is 0 Å². The molecule has 1 N–H and O–H groups in total. The van der Waals surface area contributed by atoms with Crippen LogP contribution in [0.4, 0.5) is 22.0 Å². The van der Waals surface area contributed by atoms with Crippen LogP contribution in [0.15, 0.2) is 0 Å². The van der Waals surface area contributed by atoms with Gasteiger partial charge in [-0.2, -0.15) is 13.2 Å². The van der Waals surface area contributed by atoms with Gasteiger partial charge in [0.1, 0.15) is 0 Å². The summed E-state index contributed by atoms with van der Waals surface area (Å²) < 4.78 is 61.9. The normalized spacial score (nSPS) is 23.4. The highest BCUT2D eigenvalue weighted by Gasteiger charge is 2.49. The van der Waals surface area contributed by atoms with Crippen molar-refractivity contribution in [3.63, 3.8) is 0 Å². The van der Waals surface area contributed by atoms with Crippen LogP contribution in [0.2, 0.25) is 0 Å². The van der Waals surface area contributed by atoms with Crippen LogP contribution in [-0.2, 0) is 4.79 Å². The molecule has 0 unspecified atom stereocenters. The molecule has 0 amide bonds. The summed E-state index contributed by atoms with van der Waals surface area (Å²) in [5, 5.41) is 8.94. The maximum Gasteiger partial charge on any atom is 0.389 e. The van der Waals surface area contributed by atoms with E-state index in [1.807, 2.05) is 0 Å². The Balaban J connectivity index is 2.69. The Bertz CT molecular complexity index is 288. The van der Waals surface area contributed by atoms with Gasteiger partial charge in [0.2, 0.25) is 5.92 Å². The van der Waals surface area contributed by atoms with Crippen LogP contribution in [0.3, 0.4) is 0 Å². The average Bonchev–Trinajstić information content (AvgIpc) is 2.15. The highest BCUT2D eigenvalue weighted by atomic mass is 19.4. The maximum atomic E-state index is 12.9. The standard InChI is InChI=1S/C10H13F5O2/c11-9(12)4-1-8(2-5-9,7(16)17)3-6-10(13,14)15/h1-6H2,(H,16,17). The molecule has 0 aromatic carbocycles. The first-order chi connectivity index (χ1) is 7.56. The van der Waals surface area contributed by atoms with E-state index in [2.05, 4.69) is 0 Å². The Hall–Kier alpha value is -0.880. The molecule has 1 rings (SSSR count). The van der Waals surface area contributed by atoms with Crippen molar-refractivity contribution in [2.24, 2.45) is 5.41 Å². The van der Waals surface area contributed by atoms with Gasteiger partial charge in [-0.25, -0.2) is 8.78 Å². The third-order valence-corrected chi connectivity index (χ3v) is 3.28. The molecule has 17 heavy (non-hydrogen) atoms. The maximum absolute atomic E-state index is 12.9. The van der Waals surface area contributed by atoms with E-state index in [0.29, 0.717) is 0 Å². The van der Waals surface area contributed by atoms with E-state index in [1.165, 1.54) is 0 Å². The zero-order valence-corrected chi connectivity index (χ0v) is 8.99. The van der Waals surface area contributed by atoms with Crippen molar-refractivity contribution < 1.29 is 31.9 Å². The lowest BCUT2D eigenvalue weighted by Crippen LogP contribution is -2.40. The lowest BCUT2D eigenvalue weighted by molar-refractivity contribution is -0.166. The van der Waals surface area contributed by atoms with E-state index in [-0.39, 0.29) is 0 Å².